The van der Waals surface area contributed by atoms with Gasteiger partial charge in [0.2, 0.25) is 0 Å². The van der Waals surface area contributed by atoms with Crippen molar-refractivity contribution in [2.45, 2.75) is 0 Å². The first kappa shape index (κ1) is 7.56. The fourth-order valence-electron chi connectivity index (χ4n) is 0.266. The van der Waals surface area contributed by atoms with Gasteiger partial charge in [0, 0.05) is 0 Å². The van der Waals surface area contributed by atoms with E-state index in [2.05, 4.69) is 11.3 Å². The number of thioether (sulfide) groups is 1. The Hall–Kier alpha value is -0.440. The van der Waals surface area contributed by atoms with Gasteiger partial charge >= 0.3 is 0 Å². The zero-order valence-electron chi connectivity index (χ0n) is 4.81. The highest BCUT2D eigenvalue weighted by Crippen LogP contribution is 1.92. The summed E-state index contributed by atoms with van der Waals surface area (Å²) in [6, 6.07) is 0. The van der Waals surface area contributed by atoms with Gasteiger partial charge in [-0.05, 0) is 6.26 Å². The lowest BCUT2D eigenvalue weighted by atomic mass is 10.8. The minimum absolute atomic E-state index is 0.257. The average molecular weight is 131 g/mol. The molecule has 0 atom stereocenters. The van der Waals surface area contributed by atoms with Crippen molar-refractivity contribution in [3.63, 3.8) is 0 Å². The third kappa shape index (κ3) is 3.74. The second-order valence-electron chi connectivity index (χ2n) is 1.14. The van der Waals surface area contributed by atoms with E-state index in [0.29, 0.717) is 5.75 Å². The first-order valence-corrected chi connectivity index (χ1v) is 3.54. The molecule has 2 nitrogen and oxygen atoms in total. The van der Waals surface area contributed by atoms with E-state index in [9.17, 15) is 0 Å². The third-order valence-electron chi connectivity index (χ3n) is 0.501. The van der Waals surface area contributed by atoms with Gasteiger partial charge in [-0.1, -0.05) is 6.58 Å². The van der Waals surface area contributed by atoms with E-state index in [0.717, 1.165) is 0 Å². The highest BCUT2D eigenvalue weighted by Gasteiger charge is 1.89. The van der Waals surface area contributed by atoms with Crippen LogP contribution in [0.4, 0.5) is 0 Å². The van der Waals surface area contributed by atoms with Crippen LogP contribution in [0.3, 0.4) is 0 Å². The van der Waals surface area contributed by atoms with E-state index in [1.54, 1.807) is 11.8 Å². The summed E-state index contributed by atoms with van der Waals surface area (Å²) in [6.45, 7) is 3.31. The number of hydrogen-bond acceptors (Lipinski definition) is 3. The van der Waals surface area contributed by atoms with E-state index >= 15 is 0 Å². The Morgan fingerprint density at radius 2 is 2.62 bits per heavy atom. The molecule has 0 bridgehead atoms. The Kier molecular flexibility index (Phi) is 4.45. The number of nitrogens with one attached hydrogen (secondary N) is 1. The lowest BCUT2D eigenvalue weighted by Gasteiger charge is -1.96. The standard InChI is InChI=1S/C5H9NOS/c1-3-7-5(6)4-8-2/h3,6H,1,4H2,2H3. The van der Waals surface area contributed by atoms with Crippen molar-refractivity contribution in [1.82, 2.24) is 0 Å². The topological polar surface area (TPSA) is 33.1 Å². The van der Waals surface area contributed by atoms with Crippen LogP contribution >= 0.6 is 11.8 Å². The van der Waals surface area contributed by atoms with Crippen LogP contribution in [-0.2, 0) is 4.74 Å². The highest BCUT2D eigenvalue weighted by atomic mass is 32.2. The van der Waals surface area contributed by atoms with E-state index in [-0.39, 0.29) is 5.90 Å². The summed E-state index contributed by atoms with van der Waals surface area (Å²) in [5, 5.41) is 6.97. The van der Waals surface area contributed by atoms with E-state index in [1.165, 1.54) is 6.26 Å². The normalized spacial score (nSPS) is 8.12. The Bertz CT molecular complexity index is 92.4. The monoisotopic (exact) mass is 131 g/mol. The second kappa shape index (κ2) is 4.71. The molecule has 0 radical (unpaired) electrons. The molecular formula is C5H9NOS. The fraction of sp³-hybridized carbons (Fsp3) is 0.400. The molecule has 0 aromatic rings. The zero-order chi connectivity index (χ0) is 6.41. The van der Waals surface area contributed by atoms with E-state index in [4.69, 9.17) is 5.41 Å². The van der Waals surface area contributed by atoms with Crippen LogP contribution in [-0.4, -0.2) is 17.9 Å². The van der Waals surface area contributed by atoms with Crippen LogP contribution in [0.1, 0.15) is 0 Å². The quantitative estimate of drug-likeness (QED) is 0.357. The molecule has 0 aliphatic rings. The summed E-state index contributed by atoms with van der Waals surface area (Å²) in [5.74, 6) is 0.874. The molecule has 0 saturated heterocycles. The Morgan fingerprint density at radius 3 is 3.00 bits per heavy atom. The molecule has 0 aliphatic heterocycles. The molecule has 8 heavy (non-hydrogen) atoms. The molecule has 0 saturated carbocycles. The van der Waals surface area contributed by atoms with Crippen LogP contribution < -0.4 is 0 Å². The molecule has 1 N–H and O–H groups in total. The van der Waals surface area contributed by atoms with Crippen LogP contribution in [0, 0.1) is 5.41 Å². The summed E-state index contributed by atoms with van der Waals surface area (Å²) < 4.78 is 4.61. The Balaban J connectivity index is 3.18. The van der Waals surface area contributed by atoms with Crippen molar-refractivity contribution in [3.8, 4) is 0 Å². The van der Waals surface area contributed by atoms with Crippen molar-refractivity contribution in [2.24, 2.45) is 0 Å². The molecule has 0 fully saturated rings. The molecule has 0 amide bonds. The van der Waals surface area contributed by atoms with Crippen molar-refractivity contribution >= 4 is 17.7 Å². The summed E-state index contributed by atoms with van der Waals surface area (Å²) in [7, 11) is 0. The fourth-order valence-corrected chi connectivity index (χ4v) is 0.596. The maximum atomic E-state index is 6.97. The van der Waals surface area contributed by atoms with Crippen molar-refractivity contribution in [1.29, 1.82) is 5.41 Å². The SMILES string of the molecule is C=COC(=N)CSC. The zero-order valence-corrected chi connectivity index (χ0v) is 5.62. The van der Waals surface area contributed by atoms with E-state index in [1.807, 2.05) is 6.26 Å². The molecule has 3 heteroatoms. The molecule has 0 aromatic heterocycles. The van der Waals surface area contributed by atoms with Gasteiger partial charge in [-0.15, -0.1) is 0 Å². The molecule has 0 aromatic carbocycles. The minimum atomic E-state index is 0.257. The average Bonchev–Trinajstić information content (AvgIpc) is 1.68. The Labute approximate surface area is 53.4 Å². The third-order valence-corrected chi connectivity index (χ3v) is 1.05. The predicted octanol–water partition coefficient (Wildman–Crippen LogP) is 1.49. The molecule has 0 unspecified atom stereocenters. The van der Waals surface area contributed by atoms with Gasteiger partial charge in [0.25, 0.3) is 0 Å². The molecule has 0 rings (SSSR count). The maximum absolute atomic E-state index is 6.97. The van der Waals surface area contributed by atoms with Crippen molar-refractivity contribution in [2.75, 3.05) is 12.0 Å². The molecule has 0 spiro atoms. The van der Waals surface area contributed by atoms with Gasteiger partial charge in [-0.3, -0.25) is 5.41 Å². The van der Waals surface area contributed by atoms with Gasteiger partial charge in [0.1, 0.15) is 0 Å². The van der Waals surface area contributed by atoms with Crippen molar-refractivity contribution in [3.05, 3.63) is 12.8 Å². The van der Waals surface area contributed by atoms with Crippen LogP contribution in [0.2, 0.25) is 0 Å². The van der Waals surface area contributed by atoms with Gasteiger partial charge in [0.15, 0.2) is 5.90 Å². The lowest BCUT2D eigenvalue weighted by molar-refractivity contribution is 0.467. The summed E-state index contributed by atoms with van der Waals surface area (Å²) in [4.78, 5) is 0. The first-order chi connectivity index (χ1) is 3.81. The van der Waals surface area contributed by atoms with Gasteiger partial charge in [0.05, 0.1) is 12.0 Å². The summed E-state index contributed by atoms with van der Waals surface area (Å²) >= 11 is 1.55. The Morgan fingerprint density at radius 1 is 2.00 bits per heavy atom. The van der Waals surface area contributed by atoms with Gasteiger partial charge < -0.3 is 4.74 Å². The molecule has 46 valence electrons. The molecular weight excluding hydrogens is 122 g/mol. The largest absolute Gasteiger partial charge is 0.451 e. The lowest BCUT2D eigenvalue weighted by Crippen LogP contribution is -1.99. The van der Waals surface area contributed by atoms with Crippen LogP contribution in [0.5, 0.6) is 0 Å². The number of rotatable bonds is 3. The highest BCUT2D eigenvalue weighted by molar-refractivity contribution is 7.99. The second-order valence-corrected chi connectivity index (χ2v) is 2.01. The van der Waals surface area contributed by atoms with Gasteiger partial charge in [-0.25, -0.2) is 0 Å². The van der Waals surface area contributed by atoms with Crippen LogP contribution in [0.25, 0.3) is 0 Å². The number of ether oxygens (including phenoxy) is 1. The summed E-state index contributed by atoms with van der Waals surface area (Å²) in [6.07, 6.45) is 3.18. The molecule has 0 aliphatic carbocycles. The van der Waals surface area contributed by atoms with Crippen LogP contribution in [0.15, 0.2) is 12.8 Å². The number of hydrogen-bond donors (Lipinski definition) is 1. The van der Waals surface area contributed by atoms with Gasteiger partial charge in [-0.2, -0.15) is 11.8 Å². The predicted molar refractivity (Wildman–Crippen MR) is 37.4 cm³/mol. The maximum Gasteiger partial charge on any atom is 0.196 e. The smallest absolute Gasteiger partial charge is 0.196 e. The summed E-state index contributed by atoms with van der Waals surface area (Å²) in [5.41, 5.74) is 0. The first-order valence-electron chi connectivity index (χ1n) is 2.15. The molecule has 0 heterocycles. The van der Waals surface area contributed by atoms with E-state index < -0.39 is 0 Å². The van der Waals surface area contributed by atoms with Crippen molar-refractivity contribution < 1.29 is 4.74 Å². The minimum Gasteiger partial charge on any atom is -0.451 e.